The Morgan fingerprint density at radius 1 is 1.28 bits per heavy atom. The van der Waals surface area contributed by atoms with Crippen LogP contribution in [-0.4, -0.2) is 30.5 Å². The molecule has 0 N–H and O–H groups in total. The first-order chi connectivity index (χ1) is 8.66. The number of rotatable bonds is 4. The van der Waals surface area contributed by atoms with Crippen LogP contribution in [0.2, 0.25) is 0 Å². The molecule has 0 bridgehead atoms. The van der Waals surface area contributed by atoms with Crippen LogP contribution in [0, 0.1) is 0 Å². The van der Waals surface area contributed by atoms with Gasteiger partial charge in [0, 0.05) is 18.7 Å². The predicted molar refractivity (Wildman–Crippen MR) is 71.9 cm³/mol. The van der Waals surface area contributed by atoms with Gasteiger partial charge in [0.25, 0.3) is 5.91 Å². The lowest BCUT2D eigenvalue weighted by Gasteiger charge is -2.15. The van der Waals surface area contributed by atoms with Crippen molar-refractivity contribution in [3.05, 3.63) is 42.0 Å². The van der Waals surface area contributed by atoms with E-state index in [1.54, 1.807) is 0 Å². The number of nitrogens with zero attached hydrogens (tertiary/aromatic N) is 1. The third-order valence-electron chi connectivity index (χ3n) is 2.98. The monoisotopic (exact) mass is 245 g/mol. The lowest BCUT2D eigenvalue weighted by molar-refractivity contribution is 0.0793. The fourth-order valence-electron chi connectivity index (χ4n) is 2.00. The van der Waals surface area contributed by atoms with Crippen LogP contribution < -0.4 is 4.74 Å². The Morgan fingerprint density at radius 3 is 2.44 bits per heavy atom. The van der Waals surface area contributed by atoms with E-state index in [-0.39, 0.29) is 5.91 Å². The summed E-state index contributed by atoms with van der Waals surface area (Å²) in [6, 6.07) is 7.33. The highest BCUT2D eigenvalue weighted by molar-refractivity contribution is 5.94. The van der Waals surface area contributed by atoms with E-state index in [1.165, 1.54) is 0 Å². The highest BCUT2D eigenvalue weighted by atomic mass is 16.5. The fourth-order valence-corrected chi connectivity index (χ4v) is 2.00. The summed E-state index contributed by atoms with van der Waals surface area (Å²) in [5.74, 6) is 0.898. The molecule has 0 radical (unpaired) electrons. The van der Waals surface area contributed by atoms with E-state index in [0.29, 0.717) is 6.61 Å². The van der Waals surface area contributed by atoms with Gasteiger partial charge in [0.2, 0.25) is 0 Å². The minimum absolute atomic E-state index is 0.124. The zero-order valence-electron chi connectivity index (χ0n) is 10.8. The third kappa shape index (κ3) is 3.13. The van der Waals surface area contributed by atoms with Crippen LogP contribution in [-0.2, 0) is 0 Å². The van der Waals surface area contributed by atoms with Crippen LogP contribution in [0.4, 0.5) is 0 Å². The van der Waals surface area contributed by atoms with Crippen LogP contribution in [0.25, 0.3) is 0 Å². The zero-order chi connectivity index (χ0) is 13.0. The number of ether oxygens (including phenoxy) is 1. The molecule has 1 aromatic carbocycles. The Balaban J connectivity index is 1.98. The van der Waals surface area contributed by atoms with Gasteiger partial charge in [0.1, 0.15) is 12.4 Å². The molecule has 1 amide bonds. The summed E-state index contributed by atoms with van der Waals surface area (Å²) >= 11 is 0. The number of carbonyl (C=O) groups excluding carboxylic acids is 1. The van der Waals surface area contributed by atoms with Crippen LogP contribution >= 0.6 is 0 Å². The quantitative estimate of drug-likeness (QED) is 0.763. The van der Waals surface area contributed by atoms with E-state index in [9.17, 15) is 4.79 Å². The van der Waals surface area contributed by atoms with Gasteiger partial charge >= 0.3 is 0 Å². The van der Waals surface area contributed by atoms with Gasteiger partial charge in [-0.2, -0.15) is 0 Å². The molecule has 96 valence electrons. The van der Waals surface area contributed by atoms with Crippen LogP contribution in [0.15, 0.2) is 36.4 Å². The molecule has 2 rings (SSSR count). The Labute approximate surface area is 108 Å². The largest absolute Gasteiger partial charge is 0.489 e. The van der Waals surface area contributed by atoms with Gasteiger partial charge in [-0.3, -0.25) is 4.79 Å². The Bertz CT molecular complexity index is 430. The fraction of sp³-hybridized carbons (Fsp3) is 0.400. The van der Waals surface area contributed by atoms with Gasteiger partial charge in [0.15, 0.2) is 0 Å². The van der Waals surface area contributed by atoms with Crippen LogP contribution in [0.5, 0.6) is 5.75 Å². The van der Waals surface area contributed by atoms with Gasteiger partial charge in [-0.15, -0.1) is 0 Å². The van der Waals surface area contributed by atoms with E-state index >= 15 is 0 Å². The summed E-state index contributed by atoms with van der Waals surface area (Å²) in [4.78, 5) is 14.0. The normalized spacial score (nSPS) is 14.6. The van der Waals surface area contributed by atoms with Crippen molar-refractivity contribution in [2.24, 2.45) is 0 Å². The first-order valence-corrected chi connectivity index (χ1v) is 6.33. The van der Waals surface area contributed by atoms with Crippen molar-refractivity contribution in [1.29, 1.82) is 0 Å². The van der Waals surface area contributed by atoms with Crippen molar-refractivity contribution in [3.63, 3.8) is 0 Å². The molecule has 3 nitrogen and oxygen atoms in total. The van der Waals surface area contributed by atoms with E-state index in [1.807, 2.05) is 36.1 Å². The molecule has 0 spiro atoms. The molecule has 18 heavy (non-hydrogen) atoms. The van der Waals surface area contributed by atoms with E-state index in [2.05, 4.69) is 6.58 Å². The first-order valence-electron chi connectivity index (χ1n) is 6.33. The molecule has 0 aromatic heterocycles. The second-order valence-corrected chi connectivity index (χ2v) is 4.77. The first kappa shape index (κ1) is 12.7. The predicted octanol–water partition coefficient (Wildman–Crippen LogP) is 2.88. The van der Waals surface area contributed by atoms with Crippen LogP contribution in [0.3, 0.4) is 0 Å². The molecular weight excluding hydrogens is 226 g/mol. The lowest BCUT2D eigenvalue weighted by atomic mass is 10.2. The molecule has 1 aliphatic rings. The maximum atomic E-state index is 12.1. The maximum Gasteiger partial charge on any atom is 0.253 e. The SMILES string of the molecule is C=C(C)COc1ccc(C(=O)N2CCCC2)cc1. The molecule has 0 unspecified atom stereocenters. The highest BCUT2D eigenvalue weighted by Crippen LogP contribution is 2.16. The van der Waals surface area contributed by atoms with Gasteiger partial charge in [0.05, 0.1) is 0 Å². The van der Waals surface area contributed by atoms with E-state index in [0.717, 1.165) is 42.8 Å². The van der Waals surface area contributed by atoms with Crippen molar-refractivity contribution >= 4 is 5.91 Å². The average molecular weight is 245 g/mol. The van der Waals surface area contributed by atoms with E-state index in [4.69, 9.17) is 4.74 Å². The van der Waals surface area contributed by atoms with Crippen molar-refractivity contribution in [3.8, 4) is 5.75 Å². The smallest absolute Gasteiger partial charge is 0.253 e. The summed E-state index contributed by atoms with van der Waals surface area (Å²) in [6.07, 6.45) is 2.23. The molecular formula is C15H19NO2. The van der Waals surface area contributed by atoms with Gasteiger partial charge in [-0.1, -0.05) is 6.58 Å². The van der Waals surface area contributed by atoms with Gasteiger partial charge < -0.3 is 9.64 Å². The van der Waals surface area contributed by atoms with Crippen molar-refractivity contribution in [2.75, 3.05) is 19.7 Å². The number of carbonyl (C=O) groups is 1. The highest BCUT2D eigenvalue weighted by Gasteiger charge is 2.19. The molecule has 1 aliphatic heterocycles. The van der Waals surface area contributed by atoms with Crippen molar-refractivity contribution in [2.45, 2.75) is 19.8 Å². The topological polar surface area (TPSA) is 29.5 Å². The third-order valence-corrected chi connectivity index (χ3v) is 2.98. The molecule has 1 heterocycles. The molecule has 0 atom stereocenters. The molecule has 0 aliphatic carbocycles. The molecule has 1 fully saturated rings. The number of hydrogen-bond acceptors (Lipinski definition) is 2. The Morgan fingerprint density at radius 2 is 1.89 bits per heavy atom. The van der Waals surface area contributed by atoms with Gasteiger partial charge in [-0.05, 0) is 49.6 Å². The number of amides is 1. The van der Waals surface area contributed by atoms with Crippen LogP contribution in [0.1, 0.15) is 30.1 Å². The molecule has 0 saturated carbocycles. The van der Waals surface area contributed by atoms with Gasteiger partial charge in [-0.25, -0.2) is 0 Å². The lowest BCUT2D eigenvalue weighted by Crippen LogP contribution is -2.27. The minimum Gasteiger partial charge on any atom is -0.489 e. The average Bonchev–Trinajstić information content (AvgIpc) is 2.90. The summed E-state index contributed by atoms with van der Waals surface area (Å²) in [6.45, 7) is 7.98. The second-order valence-electron chi connectivity index (χ2n) is 4.77. The number of benzene rings is 1. The standard InChI is InChI=1S/C15H19NO2/c1-12(2)11-18-14-7-5-13(6-8-14)15(17)16-9-3-4-10-16/h5-8H,1,3-4,9-11H2,2H3. The molecule has 1 saturated heterocycles. The summed E-state index contributed by atoms with van der Waals surface area (Å²) < 4.78 is 5.50. The maximum absolute atomic E-state index is 12.1. The number of hydrogen-bond donors (Lipinski definition) is 0. The summed E-state index contributed by atoms with van der Waals surface area (Å²) in [5, 5.41) is 0. The second kappa shape index (κ2) is 5.71. The minimum atomic E-state index is 0.124. The van der Waals surface area contributed by atoms with E-state index < -0.39 is 0 Å². The van der Waals surface area contributed by atoms with Crippen molar-refractivity contribution < 1.29 is 9.53 Å². The Hall–Kier alpha value is -1.77. The molecule has 3 heteroatoms. The van der Waals surface area contributed by atoms with Crippen molar-refractivity contribution in [1.82, 2.24) is 4.90 Å². The summed E-state index contributed by atoms with van der Waals surface area (Å²) in [5.41, 5.74) is 1.71. The Kier molecular flexibility index (Phi) is 4.03. The zero-order valence-corrected chi connectivity index (χ0v) is 10.8. The number of likely N-dealkylation sites (tertiary alicyclic amines) is 1. The summed E-state index contributed by atoms with van der Waals surface area (Å²) in [7, 11) is 0. The molecule has 1 aromatic rings.